The second-order valence-electron chi connectivity index (χ2n) is 2.83. The molecule has 1 aliphatic rings. The summed E-state index contributed by atoms with van der Waals surface area (Å²) in [7, 11) is 0. The Hall–Kier alpha value is 1.20. The van der Waals surface area contributed by atoms with Crippen LogP contribution in [0.25, 0.3) is 0 Å². The second kappa shape index (κ2) is 4.37. The van der Waals surface area contributed by atoms with Crippen molar-refractivity contribution in [1.29, 1.82) is 0 Å². The number of aliphatic hydroxyl groups is 1. The molecule has 0 amide bonds. The van der Waals surface area contributed by atoms with Crippen LogP contribution in [0, 0.1) is 0 Å². The lowest BCUT2D eigenvalue weighted by Gasteiger charge is -2.32. The van der Waals surface area contributed by atoms with E-state index in [-0.39, 0.29) is 14.9 Å². The molecule has 0 saturated carbocycles. The molecule has 0 radical (unpaired) electrons. The van der Waals surface area contributed by atoms with Gasteiger partial charge in [-0.05, 0) is 28.4 Å². The fourth-order valence-electron chi connectivity index (χ4n) is 1.08. The number of alkyl halides is 2. The number of aliphatic hydroxyl groups excluding tert-OH is 1. The Morgan fingerprint density at radius 2 is 2.08 bits per heavy atom. The third kappa shape index (κ3) is 2.24. The lowest BCUT2D eigenvalue weighted by Crippen LogP contribution is -2.32. The van der Waals surface area contributed by atoms with Gasteiger partial charge in [-0.3, -0.25) is 0 Å². The number of hydrogen-bond donors (Lipinski definition) is 1. The van der Waals surface area contributed by atoms with Gasteiger partial charge >= 0.3 is 0 Å². The predicted molar refractivity (Wildman–Crippen MR) is 70.3 cm³/mol. The van der Waals surface area contributed by atoms with Crippen LogP contribution in [-0.2, 0) is 0 Å². The molecule has 74 valence electrons. The van der Waals surface area contributed by atoms with Crippen molar-refractivity contribution in [3.05, 3.63) is 20.8 Å². The molecule has 0 aromatic rings. The SMILES string of the molecule is CCC1(Br)C=C(Br)C(O)=C(Br)C1Br. The minimum atomic E-state index is -0.142. The lowest BCUT2D eigenvalue weighted by molar-refractivity contribution is 0.420. The molecule has 1 nitrogen and oxygen atoms in total. The van der Waals surface area contributed by atoms with Crippen molar-refractivity contribution in [2.24, 2.45) is 0 Å². The molecule has 0 aliphatic heterocycles. The topological polar surface area (TPSA) is 20.2 Å². The molecule has 1 rings (SSSR count). The van der Waals surface area contributed by atoms with Gasteiger partial charge in [0.05, 0.1) is 18.1 Å². The molecule has 0 fully saturated rings. The maximum Gasteiger partial charge on any atom is 0.140 e. The summed E-state index contributed by atoms with van der Waals surface area (Å²) in [4.78, 5) is 0.0614. The minimum absolute atomic E-state index is 0.0614. The summed E-state index contributed by atoms with van der Waals surface area (Å²) in [5.41, 5.74) is 0. The molecule has 2 atom stereocenters. The second-order valence-corrected chi connectivity index (χ2v) is 6.93. The minimum Gasteiger partial charge on any atom is -0.506 e. The van der Waals surface area contributed by atoms with Gasteiger partial charge in [-0.1, -0.05) is 54.7 Å². The summed E-state index contributed by atoms with van der Waals surface area (Å²) in [6, 6.07) is 0. The highest BCUT2D eigenvalue weighted by atomic mass is 79.9. The zero-order valence-electron chi connectivity index (χ0n) is 6.82. The highest BCUT2D eigenvalue weighted by molar-refractivity contribution is 9.15. The smallest absolute Gasteiger partial charge is 0.140 e. The normalized spacial score (nSPS) is 34.8. The number of hydrogen-bond acceptors (Lipinski definition) is 1. The number of halogens is 4. The molecule has 0 heterocycles. The Kier molecular flexibility index (Phi) is 4.13. The average molecular weight is 440 g/mol. The molecule has 2 unspecified atom stereocenters. The first kappa shape index (κ1) is 12.3. The summed E-state index contributed by atoms with van der Waals surface area (Å²) < 4.78 is 1.34. The zero-order valence-corrected chi connectivity index (χ0v) is 13.2. The van der Waals surface area contributed by atoms with Crippen LogP contribution in [0.1, 0.15) is 13.3 Å². The van der Waals surface area contributed by atoms with Crippen molar-refractivity contribution in [3.8, 4) is 0 Å². The van der Waals surface area contributed by atoms with E-state index in [1.165, 1.54) is 0 Å². The fourth-order valence-corrected chi connectivity index (χ4v) is 4.33. The highest BCUT2D eigenvalue weighted by Gasteiger charge is 2.38. The van der Waals surface area contributed by atoms with Gasteiger partial charge < -0.3 is 5.11 Å². The van der Waals surface area contributed by atoms with Crippen LogP contribution in [-0.4, -0.2) is 14.3 Å². The molecule has 1 N–H and O–H groups in total. The van der Waals surface area contributed by atoms with E-state index in [2.05, 4.69) is 70.6 Å². The van der Waals surface area contributed by atoms with E-state index in [0.717, 1.165) is 10.9 Å². The molecule has 0 bridgehead atoms. The standard InChI is InChI=1S/C8H8Br4O/c1-2-8(12)3-4(9)6(13)5(10)7(8)11/h3,7,13H,2H2,1H3. The van der Waals surface area contributed by atoms with Crippen molar-refractivity contribution >= 4 is 63.7 Å². The van der Waals surface area contributed by atoms with Crippen LogP contribution in [0.5, 0.6) is 0 Å². The van der Waals surface area contributed by atoms with Crippen molar-refractivity contribution in [3.63, 3.8) is 0 Å². The van der Waals surface area contributed by atoms with Gasteiger partial charge in [-0.15, -0.1) is 0 Å². The molecule has 0 aromatic carbocycles. The number of allylic oxidation sites excluding steroid dienone is 3. The average Bonchev–Trinajstić information content (AvgIpc) is 2.12. The summed E-state index contributed by atoms with van der Waals surface area (Å²) in [5.74, 6) is 0.255. The monoisotopic (exact) mass is 436 g/mol. The Bertz CT molecular complexity index is 284. The quantitative estimate of drug-likeness (QED) is 0.585. The van der Waals surface area contributed by atoms with Crippen molar-refractivity contribution < 1.29 is 5.11 Å². The van der Waals surface area contributed by atoms with Crippen molar-refractivity contribution in [2.45, 2.75) is 22.5 Å². The summed E-state index contributed by atoms with van der Waals surface area (Å²) in [6.45, 7) is 2.09. The van der Waals surface area contributed by atoms with Gasteiger partial charge in [-0.2, -0.15) is 0 Å². The Morgan fingerprint density at radius 3 is 2.54 bits per heavy atom. The van der Waals surface area contributed by atoms with Gasteiger partial charge in [0.1, 0.15) is 5.76 Å². The van der Waals surface area contributed by atoms with E-state index in [1.54, 1.807) is 0 Å². The van der Waals surface area contributed by atoms with Gasteiger partial charge in [0, 0.05) is 0 Å². The first-order chi connectivity index (χ1) is 5.92. The molecular weight excluding hydrogens is 432 g/mol. The molecule has 13 heavy (non-hydrogen) atoms. The molecule has 0 aromatic heterocycles. The Morgan fingerprint density at radius 1 is 1.54 bits per heavy atom. The molecule has 0 saturated heterocycles. The van der Waals surface area contributed by atoms with Crippen LogP contribution < -0.4 is 0 Å². The first-order valence-electron chi connectivity index (χ1n) is 3.72. The third-order valence-corrected chi connectivity index (χ3v) is 7.19. The van der Waals surface area contributed by atoms with E-state index in [4.69, 9.17) is 0 Å². The van der Waals surface area contributed by atoms with E-state index in [1.807, 2.05) is 6.08 Å². The summed E-state index contributed by atoms with van der Waals surface area (Å²) in [6.07, 6.45) is 2.90. The van der Waals surface area contributed by atoms with Crippen molar-refractivity contribution in [2.75, 3.05) is 0 Å². The number of rotatable bonds is 1. The van der Waals surface area contributed by atoms with Gasteiger partial charge in [-0.25, -0.2) is 0 Å². The summed E-state index contributed by atoms with van der Waals surface area (Å²) >= 11 is 13.8. The van der Waals surface area contributed by atoms with Gasteiger partial charge in [0.2, 0.25) is 0 Å². The maximum atomic E-state index is 9.61. The van der Waals surface area contributed by atoms with Crippen LogP contribution in [0.4, 0.5) is 0 Å². The Balaban J connectivity index is 3.14. The maximum absolute atomic E-state index is 9.61. The molecule has 1 aliphatic carbocycles. The van der Waals surface area contributed by atoms with Crippen LogP contribution >= 0.6 is 63.7 Å². The highest BCUT2D eigenvalue weighted by Crippen LogP contribution is 2.46. The van der Waals surface area contributed by atoms with Crippen LogP contribution in [0.15, 0.2) is 20.8 Å². The first-order valence-corrected chi connectivity index (χ1v) is 7.02. The van der Waals surface area contributed by atoms with Crippen LogP contribution in [0.2, 0.25) is 0 Å². The predicted octanol–water partition coefficient (Wildman–Crippen LogP) is 4.75. The van der Waals surface area contributed by atoms with Crippen molar-refractivity contribution in [1.82, 2.24) is 0 Å². The van der Waals surface area contributed by atoms with E-state index < -0.39 is 0 Å². The Labute approximate surface area is 111 Å². The van der Waals surface area contributed by atoms with E-state index >= 15 is 0 Å². The lowest BCUT2D eigenvalue weighted by atomic mass is 9.97. The molecule has 5 heteroatoms. The van der Waals surface area contributed by atoms with E-state index in [9.17, 15) is 5.11 Å². The zero-order chi connectivity index (χ0) is 10.2. The van der Waals surface area contributed by atoms with Gasteiger partial charge in [0.15, 0.2) is 0 Å². The van der Waals surface area contributed by atoms with E-state index in [0.29, 0.717) is 4.48 Å². The van der Waals surface area contributed by atoms with Gasteiger partial charge in [0.25, 0.3) is 0 Å². The summed E-state index contributed by atoms with van der Waals surface area (Å²) in [5, 5.41) is 9.61. The fraction of sp³-hybridized carbons (Fsp3) is 0.500. The van der Waals surface area contributed by atoms with Crippen LogP contribution in [0.3, 0.4) is 0 Å². The molecular formula is C8H8Br4O. The molecule has 0 spiro atoms. The largest absolute Gasteiger partial charge is 0.506 e. The third-order valence-electron chi connectivity index (χ3n) is 2.00.